The maximum absolute atomic E-state index is 13.2. The van der Waals surface area contributed by atoms with Gasteiger partial charge < -0.3 is 10.2 Å². The van der Waals surface area contributed by atoms with Crippen molar-refractivity contribution in [2.75, 3.05) is 19.6 Å². The highest BCUT2D eigenvalue weighted by Gasteiger charge is 2.25. The summed E-state index contributed by atoms with van der Waals surface area (Å²) in [5.41, 5.74) is 1.11. The second-order valence-electron chi connectivity index (χ2n) is 7.21. The zero-order valence-electron chi connectivity index (χ0n) is 14.0. The molecular formula is C19H26ClFN2O. The zero-order chi connectivity index (χ0) is 16.9. The first-order valence-electron chi connectivity index (χ1n) is 9.03. The van der Waals surface area contributed by atoms with E-state index in [1.807, 2.05) is 11.0 Å². The van der Waals surface area contributed by atoms with E-state index in [0.717, 1.165) is 56.8 Å². The van der Waals surface area contributed by atoms with Crippen molar-refractivity contribution in [2.45, 2.75) is 50.5 Å². The molecule has 0 bridgehead atoms. The first-order chi connectivity index (χ1) is 11.7. The highest BCUT2D eigenvalue weighted by Crippen LogP contribution is 2.39. The van der Waals surface area contributed by atoms with Gasteiger partial charge in [0.25, 0.3) is 0 Å². The van der Waals surface area contributed by atoms with Crippen LogP contribution in [0.5, 0.6) is 0 Å². The minimum Gasteiger partial charge on any atom is -0.344 e. The smallest absolute Gasteiger partial charge is 0.209 e. The molecule has 5 heteroatoms. The summed E-state index contributed by atoms with van der Waals surface area (Å²) in [6, 6.07) is 5.26. The standard InChI is InChI=1S/C19H26ClFN2O/c20-19-11-16(21)5-6-18(19)15-3-1-14(2-4-15)7-9-22-17-8-10-23(12-17)13-24/h5-6,11,13-15,17,22H,1-4,7-10,12H2/t14-,15+,17?. The predicted octanol–water partition coefficient (Wildman–Crippen LogP) is 3.96. The second-order valence-corrected chi connectivity index (χ2v) is 7.62. The first-order valence-corrected chi connectivity index (χ1v) is 9.41. The highest BCUT2D eigenvalue weighted by atomic mass is 35.5. The van der Waals surface area contributed by atoms with Crippen molar-refractivity contribution in [1.29, 1.82) is 0 Å². The molecule has 132 valence electrons. The van der Waals surface area contributed by atoms with Crippen LogP contribution in [0.15, 0.2) is 18.2 Å². The third-order valence-corrected chi connectivity index (χ3v) is 5.93. The van der Waals surface area contributed by atoms with Crippen molar-refractivity contribution < 1.29 is 9.18 Å². The summed E-state index contributed by atoms with van der Waals surface area (Å²) in [6.45, 7) is 2.76. The van der Waals surface area contributed by atoms with E-state index < -0.39 is 0 Å². The number of carbonyl (C=O) groups excluding carboxylic acids is 1. The van der Waals surface area contributed by atoms with Crippen LogP contribution < -0.4 is 5.32 Å². The Morgan fingerprint density at radius 3 is 2.71 bits per heavy atom. The van der Waals surface area contributed by atoms with E-state index in [2.05, 4.69) is 5.32 Å². The fourth-order valence-electron chi connectivity index (χ4n) is 4.14. The van der Waals surface area contributed by atoms with Gasteiger partial charge in [-0.3, -0.25) is 4.79 Å². The Morgan fingerprint density at radius 2 is 2.04 bits per heavy atom. The fourth-order valence-corrected chi connectivity index (χ4v) is 4.46. The zero-order valence-corrected chi connectivity index (χ0v) is 14.8. The number of hydrogen-bond donors (Lipinski definition) is 1. The number of benzene rings is 1. The topological polar surface area (TPSA) is 32.3 Å². The molecule has 3 nitrogen and oxygen atoms in total. The highest BCUT2D eigenvalue weighted by molar-refractivity contribution is 6.31. The molecule has 1 aromatic carbocycles. The maximum Gasteiger partial charge on any atom is 0.209 e. The number of amides is 1. The number of nitrogens with one attached hydrogen (secondary N) is 1. The summed E-state index contributed by atoms with van der Waals surface area (Å²) in [4.78, 5) is 12.6. The van der Waals surface area contributed by atoms with Crippen molar-refractivity contribution in [2.24, 2.45) is 5.92 Å². The fraction of sp³-hybridized carbons (Fsp3) is 0.632. The van der Waals surface area contributed by atoms with Crippen LogP contribution in [0.25, 0.3) is 0 Å². The van der Waals surface area contributed by atoms with E-state index in [0.29, 0.717) is 17.0 Å². The summed E-state index contributed by atoms with van der Waals surface area (Å²) in [7, 11) is 0. The lowest BCUT2D eigenvalue weighted by atomic mass is 9.77. The monoisotopic (exact) mass is 352 g/mol. The van der Waals surface area contributed by atoms with Gasteiger partial charge in [-0.25, -0.2) is 4.39 Å². The van der Waals surface area contributed by atoms with Gasteiger partial charge in [-0.05, 0) is 74.6 Å². The van der Waals surface area contributed by atoms with Crippen LogP contribution >= 0.6 is 11.6 Å². The van der Waals surface area contributed by atoms with E-state index in [1.165, 1.54) is 31.4 Å². The summed E-state index contributed by atoms with van der Waals surface area (Å²) in [5, 5.41) is 4.16. The van der Waals surface area contributed by atoms with Crippen LogP contribution in [-0.2, 0) is 4.79 Å². The van der Waals surface area contributed by atoms with Crippen molar-refractivity contribution in [3.05, 3.63) is 34.6 Å². The van der Waals surface area contributed by atoms with E-state index in [1.54, 1.807) is 0 Å². The van der Waals surface area contributed by atoms with Crippen LogP contribution in [0.2, 0.25) is 5.02 Å². The molecule has 1 unspecified atom stereocenters. The number of halogens is 2. The molecule has 0 radical (unpaired) electrons. The Kier molecular flexibility index (Phi) is 6.12. The predicted molar refractivity (Wildman–Crippen MR) is 94.8 cm³/mol. The van der Waals surface area contributed by atoms with Gasteiger partial charge in [0.05, 0.1) is 0 Å². The van der Waals surface area contributed by atoms with E-state index in [4.69, 9.17) is 11.6 Å². The Bertz CT molecular complexity index is 560. The molecular weight excluding hydrogens is 327 g/mol. The second kappa shape index (κ2) is 8.30. The molecule has 1 amide bonds. The SMILES string of the molecule is O=CN1CCC(NCC[C@H]2CC[C@@H](c3ccc(F)cc3Cl)CC2)C1. The molecule has 1 N–H and O–H groups in total. The van der Waals surface area contributed by atoms with Crippen LogP contribution in [0.4, 0.5) is 4.39 Å². The molecule has 1 aliphatic heterocycles. The third kappa shape index (κ3) is 4.48. The summed E-state index contributed by atoms with van der Waals surface area (Å²) in [6.07, 6.45) is 7.91. The van der Waals surface area contributed by atoms with Crippen molar-refractivity contribution in [3.63, 3.8) is 0 Å². The molecule has 0 spiro atoms. The minimum absolute atomic E-state index is 0.261. The van der Waals surface area contributed by atoms with Gasteiger partial charge in [-0.1, -0.05) is 17.7 Å². The molecule has 1 aromatic rings. The molecule has 1 aliphatic carbocycles. The van der Waals surface area contributed by atoms with E-state index in [9.17, 15) is 9.18 Å². The lowest BCUT2D eigenvalue weighted by molar-refractivity contribution is -0.117. The number of hydrogen-bond acceptors (Lipinski definition) is 2. The van der Waals surface area contributed by atoms with Crippen LogP contribution in [0.1, 0.15) is 50.0 Å². The molecule has 2 fully saturated rings. The Hall–Kier alpha value is -1.13. The molecule has 1 saturated heterocycles. The van der Waals surface area contributed by atoms with Gasteiger partial charge in [0.15, 0.2) is 0 Å². The molecule has 1 atom stereocenters. The largest absolute Gasteiger partial charge is 0.344 e. The molecule has 1 saturated carbocycles. The van der Waals surface area contributed by atoms with Gasteiger partial charge in [-0.2, -0.15) is 0 Å². The number of rotatable bonds is 6. The van der Waals surface area contributed by atoms with E-state index >= 15 is 0 Å². The molecule has 24 heavy (non-hydrogen) atoms. The summed E-state index contributed by atoms with van der Waals surface area (Å²) < 4.78 is 13.2. The number of likely N-dealkylation sites (tertiary alicyclic amines) is 1. The Labute approximate surface area is 148 Å². The Balaban J connectivity index is 1.38. The lowest BCUT2D eigenvalue weighted by Gasteiger charge is -2.29. The van der Waals surface area contributed by atoms with Crippen molar-refractivity contribution in [1.82, 2.24) is 10.2 Å². The van der Waals surface area contributed by atoms with Crippen LogP contribution in [-0.4, -0.2) is 37.0 Å². The van der Waals surface area contributed by atoms with E-state index in [-0.39, 0.29) is 5.82 Å². The average molecular weight is 353 g/mol. The van der Waals surface area contributed by atoms with Gasteiger partial charge in [0, 0.05) is 24.2 Å². The van der Waals surface area contributed by atoms with Crippen molar-refractivity contribution in [3.8, 4) is 0 Å². The van der Waals surface area contributed by atoms with Gasteiger partial charge in [-0.15, -0.1) is 0 Å². The minimum atomic E-state index is -0.261. The normalized spacial score (nSPS) is 27.4. The number of carbonyl (C=O) groups is 1. The Morgan fingerprint density at radius 1 is 1.25 bits per heavy atom. The lowest BCUT2D eigenvalue weighted by Crippen LogP contribution is -2.33. The van der Waals surface area contributed by atoms with Crippen LogP contribution in [0, 0.1) is 11.7 Å². The van der Waals surface area contributed by atoms with Crippen molar-refractivity contribution >= 4 is 18.0 Å². The maximum atomic E-state index is 13.2. The third-order valence-electron chi connectivity index (χ3n) is 5.60. The first kappa shape index (κ1) is 17.7. The molecule has 0 aromatic heterocycles. The average Bonchev–Trinajstić information content (AvgIpc) is 3.04. The number of nitrogens with zero attached hydrogens (tertiary/aromatic N) is 1. The van der Waals surface area contributed by atoms with Crippen LogP contribution in [0.3, 0.4) is 0 Å². The summed E-state index contributed by atoms with van der Waals surface area (Å²) in [5.74, 6) is 0.971. The van der Waals surface area contributed by atoms with Gasteiger partial charge >= 0.3 is 0 Å². The van der Waals surface area contributed by atoms with Gasteiger partial charge in [0.2, 0.25) is 6.41 Å². The summed E-state index contributed by atoms with van der Waals surface area (Å²) >= 11 is 6.20. The molecule has 1 heterocycles. The molecule has 3 rings (SSSR count). The van der Waals surface area contributed by atoms with Gasteiger partial charge in [0.1, 0.15) is 5.82 Å². The molecule has 2 aliphatic rings. The quantitative estimate of drug-likeness (QED) is 0.786.